The number of ether oxygens (including phenoxy) is 2. The van der Waals surface area contributed by atoms with Crippen molar-refractivity contribution in [3.63, 3.8) is 0 Å². The molecule has 2 aromatic carbocycles. The zero-order valence-electron chi connectivity index (χ0n) is 28.4. The highest BCUT2D eigenvalue weighted by molar-refractivity contribution is 6.03. The van der Waals surface area contributed by atoms with Crippen LogP contribution in [0.4, 0.5) is 14.6 Å². The predicted molar refractivity (Wildman–Crippen MR) is 188 cm³/mol. The molecule has 266 valence electrons. The van der Waals surface area contributed by atoms with Crippen LogP contribution in [0.25, 0.3) is 32.9 Å². The number of halogens is 2. The zero-order valence-corrected chi connectivity index (χ0v) is 28.4. The fourth-order valence-electron chi connectivity index (χ4n) is 7.18. The van der Waals surface area contributed by atoms with Crippen LogP contribution in [-0.2, 0) is 9.53 Å². The third-order valence-electron chi connectivity index (χ3n) is 10.3. The number of fused-ring (bicyclic) bond motifs is 2. The summed E-state index contributed by atoms with van der Waals surface area (Å²) in [7, 11) is 0. The van der Waals surface area contributed by atoms with Crippen LogP contribution >= 0.6 is 0 Å². The molecule has 7 rings (SSSR count). The third-order valence-corrected chi connectivity index (χ3v) is 10.3. The van der Waals surface area contributed by atoms with E-state index in [1.54, 1.807) is 6.92 Å². The van der Waals surface area contributed by atoms with Crippen molar-refractivity contribution in [2.45, 2.75) is 44.2 Å². The molecule has 0 radical (unpaired) electrons. The Kier molecular flexibility index (Phi) is 9.26. The summed E-state index contributed by atoms with van der Waals surface area (Å²) in [6.07, 6.45) is 11.1. The molecular formula is C38H40F2N6O5. The van der Waals surface area contributed by atoms with Gasteiger partial charge in [-0.2, -0.15) is 9.97 Å². The molecule has 1 aliphatic carbocycles. The minimum atomic E-state index is -1.25. The molecule has 2 atom stereocenters. The topological polar surface area (TPSA) is 133 Å². The minimum Gasteiger partial charge on any atom is -0.508 e. The van der Waals surface area contributed by atoms with Gasteiger partial charge in [-0.1, -0.05) is 18.6 Å². The summed E-state index contributed by atoms with van der Waals surface area (Å²) in [4.78, 5) is 30.5. The molecule has 1 amide bonds. The number of phenolic OH excluding ortho intramolecular Hbond substituents is 1. The highest BCUT2D eigenvalue weighted by Crippen LogP contribution is 2.47. The number of phenols is 1. The number of anilines is 1. The highest BCUT2D eigenvalue weighted by atomic mass is 19.1. The Bertz CT molecular complexity index is 2060. The number of benzene rings is 2. The molecule has 2 saturated heterocycles. The van der Waals surface area contributed by atoms with E-state index in [4.69, 9.17) is 20.9 Å². The second-order valence-electron chi connectivity index (χ2n) is 14.0. The van der Waals surface area contributed by atoms with Crippen molar-refractivity contribution in [1.82, 2.24) is 25.2 Å². The molecule has 0 bridgehead atoms. The van der Waals surface area contributed by atoms with Gasteiger partial charge in [-0.15, -0.1) is 6.42 Å². The number of terminal acetylenes is 1. The Morgan fingerprint density at radius 1 is 1.22 bits per heavy atom. The van der Waals surface area contributed by atoms with Gasteiger partial charge < -0.3 is 29.9 Å². The number of hydrogen-bond acceptors (Lipinski definition) is 10. The maximum absolute atomic E-state index is 17.0. The lowest BCUT2D eigenvalue weighted by atomic mass is 9.92. The Labute approximate surface area is 294 Å². The summed E-state index contributed by atoms with van der Waals surface area (Å²) >= 11 is 0. The van der Waals surface area contributed by atoms with E-state index in [2.05, 4.69) is 32.7 Å². The molecule has 4 aromatic rings. The van der Waals surface area contributed by atoms with E-state index in [1.807, 2.05) is 4.90 Å². The first-order valence-electron chi connectivity index (χ1n) is 17.1. The van der Waals surface area contributed by atoms with Gasteiger partial charge in [-0.3, -0.25) is 14.7 Å². The van der Waals surface area contributed by atoms with Crippen LogP contribution in [-0.4, -0.2) is 100 Å². The molecular weight excluding hydrogens is 658 g/mol. The summed E-state index contributed by atoms with van der Waals surface area (Å²) < 4.78 is 43.7. The molecule has 51 heavy (non-hydrogen) atoms. The van der Waals surface area contributed by atoms with Crippen LogP contribution in [0.5, 0.6) is 11.8 Å². The number of hydrogen-bond donors (Lipinski definition) is 3. The first kappa shape index (κ1) is 34.5. The second kappa shape index (κ2) is 13.7. The van der Waals surface area contributed by atoms with Gasteiger partial charge in [0.25, 0.3) is 0 Å². The Morgan fingerprint density at radius 2 is 2.00 bits per heavy atom. The van der Waals surface area contributed by atoms with Gasteiger partial charge in [0.1, 0.15) is 28.6 Å². The first-order chi connectivity index (χ1) is 24.5. The number of nitrogens with one attached hydrogen (secondary N) is 1. The molecule has 3 aliphatic rings. The molecule has 4 heterocycles. The molecule has 0 spiro atoms. The third kappa shape index (κ3) is 6.91. The highest BCUT2D eigenvalue weighted by Gasteiger charge is 2.45. The average molecular weight is 699 g/mol. The van der Waals surface area contributed by atoms with Crippen LogP contribution in [0.15, 0.2) is 43.1 Å². The molecule has 11 nitrogen and oxygen atoms in total. The van der Waals surface area contributed by atoms with Gasteiger partial charge in [-0.05, 0) is 62.3 Å². The number of aromatic hydroxyl groups is 1. The zero-order chi connectivity index (χ0) is 35.9. The van der Waals surface area contributed by atoms with Crippen molar-refractivity contribution < 1.29 is 33.3 Å². The Hall–Kier alpha value is -4.90. The van der Waals surface area contributed by atoms with E-state index in [-0.39, 0.29) is 56.8 Å². The number of amides is 1. The lowest BCUT2D eigenvalue weighted by Gasteiger charge is -2.34. The largest absolute Gasteiger partial charge is 0.508 e. The molecule has 3 N–H and O–H groups in total. The van der Waals surface area contributed by atoms with Crippen molar-refractivity contribution in [2.24, 2.45) is 5.41 Å². The number of aliphatic hydroxyl groups is 1. The molecule has 0 unspecified atom stereocenters. The Morgan fingerprint density at radius 3 is 2.73 bits per heavy atom. The summed E-state index contributed by atoms with van der Waals surface area (Å²) in [5.41, 5.74) is -1.62. The van der Waals surface area contributed by atoms with Gasteiger partial charge in [-0.25, -0.2) is 8.78 Å². The van der Waals surface area contributed by atoms with Gasteiger partial charge in [0.15, 0.2) is 5.82 Å². The fraction of sp³-hybridized carbons (Fsp3) is 0.421. The van der Waals surface area contributed by atoms with Crippen LogP contribution in [0.1, 0.15) is 38.2 Å². The SMILES string of the molecule is C#Cc1c(F)ccc2cc(O)cc(-c3ncc4c(N5CCC[C@@](C)(O)[C@H](NC(=O)C=C)C5)nc(OCC5(CN6CCOCC6)CC5)nc4c3F)c12. The molecule has 2 aliphatic heterocycles. The number of carbonyl (C=O) groups is 1. The summed E-state index contributed by atoms with van der Waals surface area (Å²) in [6, 6.07) is 4.62. The van der Waals surface area contributed by atoms with E-state index < -0.39 is 29.2 Å². The van der Waals surface area contributed by atoms with E-state index in [9.17, 15) is 19.4 Å². The first-order valence-corrected chi connectivity index (χ1v) is 17.1. The van der Waals surface area contributed by atoms with Crippen molar-refractivity contribution >= 4 is 33.4 Å². The maximum atomic E-state index is 17.0. The number of nitrogens with zero attached hydrogens (tertiary/aromatic N) is 5. The van der Waals surface area contributed by atoms with Crippen molar-refractivity contribution in [3.8, 4) is 35.4 Å². The molecule has 13 heteroatoms. The lowest BCUT2D eigenvalue weighted by molar-refractivity contribution is -0.119. The molecule has 3 fully saturated rings. The number of aromatic nitrogens is 3. The normalized spacial score (nSPS) is 21.9. The van der Waals surface area contributed by atoms with Gasteiger partial charge in [0.2, 0.25) is 5.91 Å². The van der Waals surface area contributed by atoms with E-state index in [0.29, 0.717) is 50.4 Å². The summed E-state index contributed by atoms with van der Waals surface area (Å²) in [6.45, 7) is 10.00. The van der Waals surface area contributed by atoms with Crippen LogP contribution in [0.3, 0.4) is 0 Å². The maximum Gasteiger partial charge on any atom is 0.319 e. The van der Waals surface area contributed by atoms with Gasteiger partial charge >= 0.3 is 6.01 Å². The molecule has 2 aromatic heterocycles. The summed E-state index contributed by atoms with van der Waals surface area (Å²) in [5, 5.41) is 25.6. The number of carbonyl (C=O) groups excluding carboxylic acids is 1. The van der Waals surface area contributed by atoms with Gasteiger partial charge in [0.05, 0.1) is 42.4 Å². The standard InChI is InChI=1S/C38H40F2N6O5/c1-4-25-28(39)8-7-23-17-24(47)18-26(31(23)25)33-32(40)34-27(19-41-33)35(46-12-6-9-37(3,49)29(20-46)42-30(48)5-2)44-36(43-34)51-22-38(10-11-38)21-45-13-15-50-16-14-45/h1,5,7-8,17-19,29,47,49H,2,6,9-16,20-22H2,3H3,(H,42,48)/t29-,37-/m1/s1. The van der Waals surface area contributed by atoms with E-state index >= 15 is 4.39 Å². The van der Waals surface area contributed by atoms with Crippen molar-refractivity contribution in [1.29, 1.82) is 0 Å². The predicted octanol–water partition coefficient (Wildman–Crippen LogP) is 4.32. The van der Waals surface area contributed by atoms with Gasteiger partial charge in [0, 0.05) is 55.3 Å². The van der Waals surface area contributed by atoms with E-state index in [1.165, 1.54) is 30.5 Å². The van der Waals surface area contributed by atoms with Crippen molar-refractivity contribution in [3.05, 3.63) is 60.3 Å². The fourth-order valence-corrected chi connectivity index (χ4v) is 7.18. The number of morpholine rings is 1. The molecule has 1 saturated carbocycles. The van der Waals surface area contributed by atoms with E-state index in [0.717, 1.165) is 38.6 Å². The number of pyridine rings is 1. The van der Waals surface area contributed by atoms with Crippen molar-refractivity contribution in [2.75, 3.05) is 57.4 Å². The quantitative estimate of drug-likeness (QED) is 0.172. The Balaban J connectivity index is 1.34. The number of rotatable bonds is 9. The van der Waals surface area contributed by atoms with Crippen LogP contribution in [0, 0.1) is 29.4 Å². The average Bonchev–Trinajstić information content (AvgIpc) is 3.90. The second-order valence-corrected chi connectivity index (χ2v) is 14.0. The lowest BCUT2D eigenvalue weighted by Crippen LogP contribution is -2.54. The monoisotopic (exact) mass is 698 g/mol. The smallest absolute Gasteiger partial charge is 0.319 e. The summed E-state index contributed by atoms with van der Waals surface area (Å²) in [5.74, 6) is 0.552. The van der Waals surface area contributed by atoms with Crippen LogP contribution in [0.2, 0.25) is 0 Å². The van der Waals surface area contributed by atoms with Crippen LogP contribution < -0.4 is 15.0 Å². The minimum absolute atomic E-state index is 0.0411.